The fraction of sp³-hybridized carbons (Fsp3) is 0.533. The number of rotatable bonds is 5. The van der Waals surface area contributed by atoms with Crippen LogP contribution < -0.4 is 16.4 Å². The Morgan fingerprint density at radius 2 is 1.82 bits per heavy atom. The number of hydrogen-bond acceptors (Lipinski definition) is 5. The van der Waals surface area contributed by atoms with Gasteiger partial charge < -0.3 is 21.5 Å². The van der Waals surface area contributed by atoms with Gasteiger partial charge in [-0.15, -0.1) is 0 Å². The van der Waals surface area contributed by atoms with Crippen LogP contribution in [-0.4, -0.2) is 40.5 Å². The molecule has 5 N–H and O–H groups in total. The number of aromatic nitrogens is 1. The van der Waals surface area contributed by atoms with Crippen molar-refractivity contribution in [2.45, 2.75) is 44.2 Å². The fourth-order valence-electron chi connectivity index (χ4n) is 2.59. The molecule has 1 heterocycles. The molecular formula is C15H22N4O3. The Balaban J connectivity index is 1.76. The Bertz CT molecular complexity index is 510. The molecule has 1 aliphatic rings. The lowest BCUT2D eigenvalue weighted by atomic mass is 9.91. The van der Waals surface area contributed by atoms with Crippen molar-refractivity contribution in [1.82, 2.24) is 15.6 Å². The fourth-order valence-corrected chi connectivity index (χ4v) is 2.59. The third-order valence-electron chi connectivity index (χ3n) is 3.78. The normalized spacial score (nSPS) is 21.1. The maximum Gasteiger partial charge on any atom is 0.270 e. The molecule has 0 atom stereocenters. The van der Waals surface area contributed by atoms with E-state index < -0.39 is 0 Å². The van der Waals surface area contributed by atoms with Gasteiger partial charge in [-0.2, -0.15) is 0 Å². The molecule has 0 aliphatic heterocycles. The van der Waals surface area contributed by atoms with Crippen molar-refractivity contribution in [3.8, 4) is 5.75 Å². The lowest BCUT2D eigenvalue weighted by molar-refractivity contribution is -0.121. The van der Waals surface area contributed by atoms with Gasteiger partial charge in [0.25, 0.3) is 5.91 Å². The van der Waals surface area contributed by atoms with Crippen molar-refractivity contribution >= 4 is 11.8 Å². The van der Waals surface area contributed by atoms with Crippen LogP contribution in [0.4, 0.5) is 0 Å². The molecule has 1 aromatic heterocycles. The number of amides is 2. The second kappa shape index (κ2) is 7.74. The second-order valence-corrected chi connectivity index (χ2v) is 5.53. The number of nitrogens with two attached hydrogens (primary N) is 1. The van der Waals surface area contributed by atoms with Gasteiger partial charge in [0, 0.05) is 25.0 Å². The van der Waals surface area contributed by atoms with E-state index in [9.17, 15) is 9.59 Å². The lowest BCUT2D eigenvalue weighted by Crippen LogP contribution is -2.44. The molecule has 1 aromatic rings. The number of hydrogen-bond donors (Lipinski definition) is 4. The van der Waals surface area contributed by atoms with Crippen LogP contribution in [0.1, 0.15) is 42.6 Å². The van der Waals surface area contributed by atoms with Crippen LogP contribution in [0.5, 0.6) is 5.75 Å². The predicted molar refractivity (Wildman–Crippen MR) is 81.2 cm³/mol. The predicted octanol–water partition coefficient (Wildman–Crippen LogP) is 0.293. The average molecular weight is 306 g/mol. The maximum absolute atomic E-state index is 12.0. The van der Waals surface area contributed by atoms with Crippen LogP contribution in [-0.2, 0) is 4.79 Å². The van der Waals surface area contributed by atoms with Gasteiger partial charge in [-0.1, -0.05) is 0 Å². The summed E-state index contributed by atoms with van der Waals surface area (Å²) in [7, 11) is 0. The number of pyridine rings is 1. The standard InChI is InChI=1S/C15H22N4O3/c16-8-7-14(21)18-10-1-3-11(4-2-10)19-15(22)13-6-5-12(20)9-17-13/h5-6,9-11,20H,1-4,7-8,16H2,(H,18,21)(H,19,22). The second-order valence-electron chi connectivity index (χ2n) is 5.53. The number of carbonyl (C=O) groups excluding carboxylic acids is 2. The van der Waals surface area contributed by atoms with Gasteiger partial charge in [0.05, 0.1) is 6.20 Å². The Hall–Kier alpha value is -2.15. The van der Waals surface area contributed by atoms with E-state index in [1.165, 1.54) is 18.3 Å². The van der Waals surface area contributed by atoms with E-state index in [4.69, 9.17) is 10.8 Å². The summed E-state index contributed by atoms with van der Waals surface area (Å²) in [4.78, 5) is 27.4. The monoisotopic (exact) mass is 306 g/mol. The minimum atomic E-state index is -0.240. The molecule has 2 amide bonds. The molecule has 0 unspecified atom stereocenters. The highest BCUT2D eigenvalue weighted by Gasteiger charge is 2.23. The molecule has 0 saturated heterocycles. The van der Waals surface area contributed by atoms with Crippen LogP contribution in [0.15, 0.2) is 18.3 Å². The maximum atomic E-state index is 12.0. The van der Waals surface area contributed by atoms with Crippen LogP contribution in [0.3, 0.4) is 0 Å². The zero-order chi connectivity index (χ0) is 15.9. The number of aromatic hydroxyl groups is 1. The number of carbonyl (C=O) groups is 2. The van der Waals surface area contributed by atoms with Crippen LogP contribution in [0, 0.1) is 0 Å². The molecule has 7 heteroatoms. The molecule has 1 aliphatic carbocycles. The largest absolute Gasteiger partial charge is 0.506 e. The van der Waals surface area contributed by atoms with Gasteiger partial charge in [0.15, 0.2) is 0 Å². The highest BCUT2D eigenvalue weighted by atomic mass is 16.3. The van der Waals surface area contributed by atoms with E-state index in [-0.39, 0.29) is 35.3 Å². The molecule has 2 rings (SSSR count). The quantitative estimate of drug-likeness (QED) is 0.624. The Morgan fingerprint density at radius 1 is 1.18 bits per heavy atom. The summed E-state index contributed by atoms with van der Waals surface area (Å²) in [6.45, 7) is 0.358. The highest BCUT2D eigenvalue weighted by molar-refractivity contribution is 5.92. The first-order valence-electron chi connectivity index (χ1n) is 7.54. The summed E-state index contributed by atoms with van der Waals surface area (Å²) in [5, 5.41) is 15.1. The molecule has 0 spiro atoms. The summed E-state index contributed by atoms with van der Waals surface area (Å²) in [6, 6.07) is 3.18. The third-order valence-corrected chi connectivity index (χ3v) is 3.78. The first-order chi connectivity index (χ1) is 10.6. The van der Waals surface area contributed by atoms with Crippen molar-refractivity contribution in [2.24, 2.45) is 5.73 Å². The SMILES string of the molecule is NCCC(=O)NC1CCC(NC(=O)c2ccc(O)cn2)CC1. The van der Waals surface area contributed by atoms with Crippen molar-refractivity contribution in [2.75, 3.05) is 6.54 Å². The molecule has 0 radical (unpaired) electrons. The van der Waals surface area contributed by atoms with E-state index in [0.717, 1.165) is 25.7 Å². The van der Waals surface area contributed by atoms with Gasteiger partial charge in [-0.25, -0.2) is 4.98 Å². The zero-order valence-corrected chi connectivity index (χ0v) is 12.4. The van der Waals surface area contributed by atoms with Crippen LogP contribution >= 0.6 is 0 Å². The van der Waals surface area contributed by atoms with E-state index in [2.05, 4.69) is 15.6 Å². The minimum absolute atomic E-state index is 0.0109. The third kappa shape index (κ3) is 4.70. The summed E-state index contributed by atoms with van der Waals surface area (Å²) >= 11 is 0. The van der Waals surface area contributed by atoms with E-state index in [0.29, 0.717) is 13.0 Å². The van der Waals surface area contributed by atoms with Crippen molar-refractivity contribution < 1.29 is 14.7 Å². The van der Waals surface area contributed by atoms with Crippen LogP contribution in [0.2, 0.25) is 0 Å². The Kier molecular flexibility index (Phi) is 5.71. The summed E-state index contributed by atoms with van der Waals surface area (Å²) in [5.41, 5.74) is 5.63. The zero-order valence-electron chi connectivity index (χ0n) is 12.4. The molecule has 120 valence electrons. The highest BCUT2D eigenvalue weighted by Crippen LogP contribution is 2.19. The van der Waals surface area contributed by atoms with Crippen molar-refractivity contribution in [3.05, 3.63) is 24.0 Å². The molecular weight excluding hydrogens is 284 g/mol. The number of nitrogens with one attached hydrogen (secondary N) is 2. The van der Waals surface area contributed by atoms with Crippen molar-refractivity contribution in [1.29, 1.82) is 0 Å². The smallest absolute Gasteiger partial charge is 0.270 e. The first-order valence-corrected chi connectivity index (χ1v) is 7.54. The van der Waals surface area contributed by atoms with Gasteiger partial charge in [-0.3, -0.25) is 9.59 Å². The van der Waals surface area contributed by atoms with Gasteiger partial charge in [-0.05, 0) is 37.8 Å². The lowest BCUT2D eigenvalue weighted by Gasteiger charge is -2.29. The molecule has 1 saturated carbocycles. The van der Waals surface area contributed by atoms with E-state index in [1.54, 1.807) is 0 Å². The van der Waals surface area contributed by atoms with Gasteiger partial charge >= 0.3 is 0 Å². The molecule has 0 bridgehead atoms. The summed E-state index contributed by atoms with van der Waals surface area (Å²) in [5.74, 6) is -0.218. The summed E-state index contributed by atoms with van der Waals surface area (Å²) < 4.78 is 0. The minimum Gasteiger partial charge on any atom is -0.506 e. The Morgan fingerprint density at radius 3 is 2.36 bits per heavy atom. The number of nitrogens with zero attached hydrogens (tertiary/aromatic N) is 1. The topological polar surface area (TPSA) is 117 Å². The first kappa shape index (κ1) is 16.2. The summed E-state index contributed by atoms with van der Waals surface area (Å²) in [6.07, 6.45) is 4.91. The van der Waals surface area contributed by atoms with Gasteiger partial charge in [0.1, 0.15) is 11.4 Å². The van der Waals surface area contributed by atoms with Gasteiger partial charge in [0.2, 0.25) is 5.91 Å². The average Bonchev–Trinajstić information content (AvgIpc) is 2.50. The molecule has 0 aromatic carbocycles. The Labute approximate surface area is 129 Å². The molecule has 22 heavy (non-hydrogen) atoms. The van der Waals surface area contributed by atoms with E-state index >= 15 is 0 Å². The van der Waals surface area contributed by atoms with Crippen molar-refractivity contribution in [3.63, 3.8) is 0 Å². The molecule has 1 fully saturated rings. The van der Waals surface area contributed by atoms with E-state index in [1.807, 2.05) is 0 Å². The van der Waals surface area contributed by atoms with Crippen LogP contribution in [0.25, 0.3) is 0 Å². The molecule has 7 nitrogen and oxygen atoms in total.